The molecule has 0 aliphatic heterocycles. The number of nitrogens with one attached hydrogen (secondary N) is 1. The first kappa shape index (κ1) is 27.5. The molecule has 0 aromatic heterocycles. The number of methoxy groups -OCH3 is 1. The van der Waals surface area contributed by atoms with Gasteiger partial charge in [-0.2, -0.15) is 0 Å². The molecule has 1 unspecified atom stereocenters. The SMILES string of the molecule is CCC(N(NC(=O)c1ccc(COC)c(B(O)O)c1F)C(=O)c1cc(C)cc(C)c1)C(C)(C)C. The monoisotopic (exact) mass is 472 g/mol. The molecular weight excluding hydrogens is 438 g/mol. The summed E-state index contributed by atoms with van der Waals surface area (Å²) in [6.07, 6.45) is 0.538. The smallest absolute Gasteiger partial charge is 0.423 e. The molecule has 2 rings (SSSR count). The quantitative estimate of drug-likeness (QED) is 0.425. The number of carbonyl (C=O) groups is 2. The van der Waals surface area contributed by atoms with Crippen LogP contribution in [0.4, 0.5) is 4.39 Å². The van der Waals surface area contributed by atoms with Crippen LogP contribution in [0.25, 0.3) is 0 Å². The second kappa shape index (κ2) is 11.1. The Morgan fingerprint density at radius 3 is 2.21 bits per heavy atom. The van der Waals surface area contributed by atoms with E-state index in [1.54, 1.807) is 12.1 Å². The fourth-order valence-electron chi connectivity index (χ4n) is 4.23. The minimum absolute atomic E-state index is 0.0645. The van der Waals surface area contributed by atoms with E-state index in [4.69, 9.17) is 4.74 Å². The van der Waals surface area contributed by atoms with Gasteiger partial charge in [-0.1, -0.05) is 51.0 Å². The van der Waals surface area contributed by atoms with Crippen LogP contribution in [0, 0.1) is 25.1 Å². The largest absolute Gasteiger partial charge is 0.491 e. The van der Waals surface area contributed by atoms with Crippen LogP contribution in [0.3, 0.4) is 0 Å². The molecule has 0 bridgehead atoms. The molecule has 2 aromatic rings. The van der Waals surface area contributed by atoms with Crippen molar-refractivity contribution in [3.63, 3.8) is 0 Å². The number of aryl methyl sites for hydroxylation is 2. The van der Waals surface area contributed by atoms with E-state index in [0.717, 1.165) is 11.1 Å². The number of nitrogens with zero attached hydrogens (tertiary/aromatic N) is 1. The average Bonchev–Trinajstić information content (AvgIpc) is 2.71. The summed E-state index contributed by atoms with van der Waals surface area (Å²) < 4.78 is 20.2. The van der Waals surface area contributed by atoms with Crippen molar-refractivity contribution < 1.29 is 28.8 Å². The fraction of sp³-hybridized carbons (Fsp3) is 0.440. The summed E-state index contributed by atoms with van der Waals surface area (Å²) in [5.74, 6) is -2.37. The summed E-state index contributed by atoms with van der Waals surface area (Å²) in [5, 5.41) is 20.6. The number of amides is 2. The van der Waals surface area contributed by atoms with E-state index in [9.17, 15) is 19.6 Å². The van der Waals surface area contributed by atoms with Gasteiger partial charge in [0.1, 0.15) is 5.82 Å². The molecule has 9 heteroatoms. The molecule has 34 heavy (non-hydrogen) atoms. The number of hydrazine groups is 1. The summed E-state index contributed by atoms with van der Waals surface area (Å²) in [4.78, 5) is 26.8. The van der Waals surface area contributed by atoms with Crippen molar-refractivity contribution in [1.29, 1.82) is 0 Å². The first-order valence-corrected chi connectivity index (χ1v) is 11.2. The molecule has 0 spiro atoms. The van der Waals surface area contributed by atoms with Crippen LogP contribution < -0.4 is 10.9 Å². The van der Waals surface area contributed by atoms with Gasteiger partial charge in [0.05, 0.1) is 18.2 Å². The standard InChI is InChI=1S/C25H34BFN2O5/c1-8-20(25(4,5)6)29(24(31)18-12-15(2)11-16(3)13-18)28-23(30)19-10-9-17(14-34-7)21(22(19)27)26(32)33/h9-13,20,32-33H,8,14H2,1-7H3,(H,28,30). The molecule has 184 valence electrons. The van der Waals surface area contributed by atoms with Crippen molar-refractivity contribution in [2.75, 3.05) is 7.11 Å². The van der Waals surface area contributed by atoms with E-state index >= 15 is 4.39 Å². The van der Waals surface area contributed by atoms with Crippen LogP contribution in [0.15, 0.2) is 30.3 Å². The van der Waals surface area contributed by atoms with Crippen LogP contribution in [-0.4, -0.2) is 47.1 Å². The van der Waals surface area contributed by atoms with Gasteiger partial charge < -0.3 is 14.8 Å². The van der Waals surface area contributed by atoms with Crippen LogP contribution in [0.5, 0.6) is 0 Å². The highest BCUT2D eigenvalue weighted by Crippen LogP contribution is 2.28. The molecule has 3 N–H and O–H groups in total. The third kappa shape index (κ3) is 6.22. The maximum absolute atomic E-state index is 15.2. The highest BCUT2D eigenvalue weighted by molar-refractivity contribution is 6.59. The van der Waals surface area contributed by atoms with Crippen molar-refractivity contribution in [3.05, 3.63) is 64.0 Å². The highest BCUT2D eigenvalue weighted by Gasteiger charge is 2.35. The van der Waals surface area contributed by atoms with Crippen molar-refractivity contribution in [3.8, 4) is 0 Å². The predicted molar refractivity (Wildman–Crippen MR) is 130 cm³/mol. The summed E-state index contributed by atoms with van der Waals surface area (Å²) in [5.41, 5.74) is 3.76. The van der Waals surface area contributed by atoms with Crippen LogP contribution in [-0.2, 0) is 11.3 Å². The minimum Gasteiger partial charge on any atom is -0.423 e. The van der Waals surface area contributed by atoms with Crippen LogP contribution >= 0.6 is 0 Å². The third-order valence-electron chi connectivity index (χ3n) is 5.68. The molecule has 0 aliphatic carbocycles. The molecule has 2 amide bonds. The third-order valence-corrected chi connectivity index (χ3v) is 5.68. The summed E-state index contributed by atoms with van der Waals surface area (Å²) in [6, 6.07) is 7.66. The number of carbonyl (C=O) groups excluding carboxylic acids is 2. The topological polar surface area (TPSA) is 99.1 Å². The van der Waals surface area contributed by atoms with Crippen molar-refractivity contribution in [2.24, 2.45) is 5.41 Å². The van der Waals surface area contributed by atoms with Gasteiger partial charge in [-0.05, 0) is 49.4 Å². The van der Waals surface area contributed by atoms with Crippen LogP contribution in [0.2, 0.25) is 0 Å². The van der Waals surface area contributed by atoms with Gasteiger partial charge in [0, 0.05) is 18.1 Å². The number of benzene rings is 2. The lowest BCUT2D eigenvalue weighted by atomic mass is 9.75. The number of hydrogen-bond donors (Lipinski definition) is 3. The van der Waals surface area contributed by atoms with Crippen LogP contribution in [0.1, 0.15) is 71.5 Å². The van der Waals surface area contributed by atoms with E-state index in [2.05, 4.69) is 5.43 Å². The van der Waals surface area contributed by atoms with Crippen molar-refractivity contribution in [2.45, 2.75) is 60.6 Å². The second-order valence-electron chi connectivity index (χ2n) is 9.59. The number of halogens is 1. The normalized spacial score (nSPS) is 12.3. The molecular formula is C25H34BFN2O5. The maximum Gasteiger partial charge on any atom is 0.491 e. The maximum atomic E-state index is 15.2. The van der Waals surface area contributed by atoms with Gasteiger partial charge in [0.25, 0.3) is 11.8 Å². The molecule has 0 heterocycles. The Morgan fingerprint density at radius 1 is 1.15 bits per heavy atom. The Hall–Kier alpha value is -2.75. The fourth-order valence-corrected chi connectivity index (χ4v) is 4.23. The lowest BCUT2D eigenvalue weighted by Gasteiger charge is -2.39. The van der Waals surface area contributed by atoms with E-state index < -0.39 is 47.2 Å². The van der Waals surface area contributed by atoms with Gasteiger partial charge >= 0.3 is 7.12 Å². The van der Waals surface area contributed by atoms with Gasteiger partial charge in [-0.25, -0.2) is 9.40 Å². The van der Waals surface area contributed by atoms with E-state index in [1.165, 1.54) is 24.3 Å². The number of rotatable bonds is 7. The molecule has 0 saturated carbocycles. The first-order valence-electron chi connectivity index (χ1n) is 11.2. The zero-order valence-corrected chi connectivity index (χ0v) is 20.9. The molecule has 0 saturated heterocycles. The van der Waals surface area contributed by atoms with E-state index in [1.807, 2.05) is 47.6 Å². The zero-order chi connectivity index (χ0) is 25.8. The Bertz CT molecular complexity index is 1030. The Balaban J connectivity index is 2.54. The zero-order valence-electron chi connectivity index (χ0n) is 20.9. The van der Waals surface area contributed by atoms with Crippen molar-refractivity contribution in [1.82, 2.24) is 10.4 Å². The molecule has 7 nitrogen and oxygen atoms in total. The Labute approximate surface area is 201 Å². The summed E-state index contributed by atoms with van der Waals surface area (Å²) in [6.45, 7) is 11.5. The first-order chi connectivity index (χ1) is 15.8. The second-order valence-corrected chi connectivity index (χ2v) is 9.59. The lowest BCUT2D eigenvalue weighted by molar-refractivity contribution is 0.0283. The van der Waals surface area contributed by atoms with E-state index in [-0.39, 0.29) is 12.2 Å². The molecule has 0 radical (unpaired) electrons. The van der Waals surface area contributed by atoms with E-state index in [0.29, 0.717) is 12.0 Å². The van der Waals surface area contributed by atoms with Gasteiger partial charge in [0.15, 0.2) is 0 Å². The minimum atomic E-state index is -2.14. The predicted octanol–water partition coefficient (Wildman–Crippen LogP) is 2.88. The summed E-state index contributed by atoms with van der Waals surface area (Å²) >= 11 is 0. The average molecular weight is 472 g/mol. The number of hydrogen-bond acceptors (Lipinski definition) is 5. The van der Waals surface area contributed by atoms with Gasteiger partial charge in [-0.3, -0.25) is 15.0 Å². The molecule has 1 atom stereocenters. The molecule has 2 aromatic carbocycles. The Morgan fingerprint density at radius 2 is 1.74 bits per heavy atom. The van der Waals surface area contributed by atoms with Crippen molar-refractivity contribution >= 4 is 24.4 Å². The number of ether oxygens (including phenoxy) is 1. The van der Waals surface area contributed by atoms with Gasteiger partial charge in [0.2, 0.25) is 0 Å². The molecule has 0 aliphatic rings. The van der Waals surface area contributed by atoms with Gasteiger partial charge in [-0.15, -0.1) is 0 Å². The summed E-state index contributed by atoms with van der Waals surface area (Å²) in [7, 11) is -0.746. The highest BCUT2D eigenvalue weighted by atomic mass is 19.1. The Kier molecular flexibility index (Phi) is 8.99. The molecule has 0 fully saturated rings. The lowest BCUT2D eigenvalue weighted by Crippen LogP contribution is -2.56.